The minimum atomic E-state index is -4.49. The molecule has 1 aliphatic carbocycles. The molecular weight excluding hydrogens is 544 g/mol. The van der Waals surface area contributed by atoms with E-state index in [4.69, 9.17) is 0 Å². The maximum atomic E-state index is 14.8. The summed E-state index contributed by atoms with van der Waals surface area (Å²) in [5, 5.41) is 0. The molecule has 0 spiro atoms. The highest BCUT2D eigenvalue weighted by molar-refractivity contribution is 7.92. The normalized spacial score (nSPS) is 16.7. The fourth-order valence-corrected chi connectivity index (χ4v) is 6.68. The molecule has 1 aliphatic heterocycles. The maximum absolute atomic E-state index is 14.8. The summed E-state index contributed by atoms with van der Waals surface area (Å²) in [6, 6.07) is 9.46. The second-order valence-electron chi connectivity index (χ2n) is 10.7. The van der Waals surface area contributed by atoms with Crippen LogP contribution < -0.4 is 4.72 Å². The lowest BCUT2D eigenvalue weighted by Gasteiger charge is -2.28. The number of benzene rings is 2. The van der Waals surface area contributed by atoms with E-state index >= 15 is 0 Å². The van der Waals surface area contributed by atoms with E-state index in [2.05, 4.69) is 14.7 Å². The van der Waals surface area contributed by atoms with Crippen LogP contribution in [0.25, 0.3) is 0 Å². The van der Waals surface area contributed by atoms with Crippen molar-refractivity contribution in [2.45, 2.75) is 75.5 Å². The molecule has 1 fully saturated rings. The number of aryl methyl sites for hydroxylation is 1. The van der Waals surface area contributed by atoms with Crippen LogP contribution in [0.1, 0.15) is 66.6 Å². The predicted molar refractivity (Wildman–Crippen MR) is 143 cm³/mol. The third kappa shape index (κ3) is 6.98. The van der Waals surface area contributed by atoms with Gasteiger partial charge in [0.1, 0.15) is 11.6 Å². The Labute approximate surface area is 231 Å². The van der Waals surface area contributed by atoms with Gasteiger partial charge >= 0.3 is 6.18 Å². The molecule has 0 bridgehead atoms. The highest BCUT2D eigenvalue weighted by Crippen LogP contribution is 2.30. The zero-order chi connectivity index (χ0) is 28.3. The summed E-state index contributed by atoms with van der Waals surface area (Å²) < 4.78 is 81.6. The molecule has 40 heavy (non-hydrogen) atoms. The first-order valence-electron chi connectivity index (χ1n) is 13.6. The molecule has 5 rings (SSSR count). The molecule has 2 heterocycles. The van der Waals surface area contributed by atoms with Gasteiger partial charge in [0.25, 0.3) is 10.0 Å². The Morgan fingerprint density at radius 1 is 1.00 bits per heavy atom. The van der Waals surface area contributed by atoms with Gasteiger partial charge in [-0.3, -0.25) is 9.62 Å². The number of aromatic nitrogens is 2. The molecule has 0 radical (unpaired) electrons. The van der Waals surface area contributed by atoms with Crippen LogP contribution in [-0.2, 0) is 42.1 Å². The Kier molecular flexibility index (Phi) is 8.42. The molecule has 0 saturated heterocycles. The fraction of sp³-hybridized carbons (Fsp3) is 0.448. The van der Waals surface area contributed by atoms with Gasteiger partial charge in [-0.25, -0.2) is 22.8 Å². The highest BCUT2D eigenvalue weighted by Gasteiger charge is 2.31. The number of rotatable bonds is 9. The van der Waals surface area contributed by atoms with Crippen LogP contribution in [0.4, 0.5) is 23.2 Å². The zero-order valence-corrected chi connectivity index (χ0v) is 22.9. The van der Waals surface area contributed by atoms with Gasteiger partial charge < -0.3 is 0 Å². The van der Waals surface area contributed by atoms with E-state index in [1.165, 1.54) is 43.9 Å². The average Bonchev–Trinajstić information content (AvgIpc) is 3.43. The van der Waals surface area contributed by atoms with Crippen LogP contribution >= 0.6 is 0 Å². The Morgan fingerprint density at radius 2 is 1.75 bits per heavy atom. The van der Waals surface area contributed by atoms with Crippen LogP contribution in [-0.4, -0.2) is 29.8 Å². The van der Waals surface area contributed by atoms with Crippen molar-refractivity contribution >= 4 is 15.7 Å². The first-order chi connectivity index (χ1) is 19.1. The van der Waals surface area contributed by atoms with Crippen LogP contribution in [0.15, 0.2) is 53.7 Å². The summed E-state index contributed by atoms with van der Waals surface area (Å²) >= 11 is 0. The topological polar surface area (TPSA) is 75.2 Å². The molecular formula is C29H32F4N4O2S. The highest BCUT2D eigenvalue weighted by atomic mass is 32.2. The van der Waals surface area contributed by atoms with E-state index in [1.807, 2.05) is 4.90 Å². The molecule has 0 amide bonds. The number of nitrogens with zero attached hydrogens (tertiary/aromatic N) is 3. The van der Waals surface area contributed by atoms with Crippen molar-refractivity contribution in [2.75, 3.05) is 11.3 Å². The summed E-state index contributed by atoms with van der Waals surface area (Å²) in [5.41, 5.74) is 1.64. The van der Waals surface area contributed by atoms with Crippen LogP contribution in [0.3, 0.4) is 0 Å². The Balaban J connectivity index is 1.19. The van der Waals surface area contributed by atoms with Crippen molar-refractivity contribution in [1.29, 1.82) is 0 Å². The number of halogens is 4. The molecule has 1 saturated carbocycles. The zero-order valence-electron chi connectivity index (χ0n) is 22.1. The lowest BCUT2D eigenvalue weighted by atomic mass is 9.98. The van der Waals surface area contributed by atoms with Gasteiger partial charge in [-0.1, -0.05) is 44.2 Å². The third-order valence-corrected chi connectivity index (χ3v) is 9.17. The van der Waals surface area contributed by atoms with E-state index in [0.717, 1.165) is 54.3 Å². The molecule has 0 atom stereocenters. The van der Waals surface area contributed by atoms with E-state index < -0.39 is 27.6 Å². The summed E-state index contributed by atoms with van der Waals surface area (Å²) in [6.07, 6.45) is 5.71. The molecule has 1 aromatic heterocycles. The van der Waals surface area contributed by atoms with Crippen LogP contribution in [0, 0.1) is 11.7 Å². The van der Waals surface area contributed by atoms with Crippen LogP contribution in [0.5, 0.6) is 0 Å². The summed E-state index contributed by atoms with van der Waals surface area (Å²) in [6.45, 7) is 1.31. The fourth-order valence-electron chi connectivity index (χ4n) is 5.57. The molecule has 11 heteroatoms. The average molecular weight is 577 g/mol. The number of alkyl halides is 3. The molecule has 2 aromatic carbocycles. The number of fused-ring (bicyclic) bond motifs is 1. The Bertz CT molecular complexity index is 1440. The Morgan fingerprint density at radius 3 is 2.45 bits per heavy atom. The van der Waals surface area contributed by atoms with Gasteiger partial charge in [0.2, 0.25) is 0 Å². The van der Waals surface area contributed by atoms with Gasteiger partial charge in [-0.05, 0) is 66.1 Å². The van der Waals surface area contributed by atoms with Crippen LogP contribution in [0.2, 0.25) is 0 Å². The first kappa shape index (κ1) is 28.5. The molecule has 214 valence electrons. The molecule has 0 unspecified atom stereocenters. The summed E-state index contributed by atoms with van der Waals surface area (Å²) in [7, 11) is -4.00. The van der Waals surface area contributed by atoms with Gasteiger partial charge in [-0.15, -0.1) is 0 Å². The molecule has 1 N–H and O–H groups in total. The van der Waals surface area contributed by atoms with E-state index in [9.17, 15) is 26.0 Å². The van der Waals surface area contributed by atoms with Crippen molar-refractivity contribution in [3.05, 3.63) is 82.7 Å². The first-order valence-corrected chi connectivity index (χ1v) is 15.1. The van der Waals surface area contributed by atoms with Gasteiger partial charge in [0, 0.05) is 25.5 Å². The maximum Gasteiger partial charge on any atom is 0.419 e. The Hall–Kier alpha value is -3.05. The number of hydrogen-bond donors (Lipinski definition) is 1. The van der Waals surface area contributed by atoms with Crippen molar-refractivity contribution in [3.8, 4) is 0 Å². The van der Waals surface area contributed by atoms with E-state index in [0.29, 0.717) is 19.5 Å². The van der Waals surface area contributed by atoms with Gasteiger partial charge in [-0.2, -0.15) is 13.2 Å². The number of anilines is 1. The third-order valence-electron chi connectivity index (χ3n) is 7.81. The standard InChI is InChI=1S/C29H32F4N4O2S/c30-26-14-21(7-3-6-20-4-1-2-5-20)8-11-27(26)36-40(38,39)25-10-9-23-18-37(13-12-22(23)15-25)19-28-34-16-24(17-35-28)29(31,32)33/h8-11,14-17,20,36H,1-7,12-13,18-19H2. The monoisotopic (exact) mass is 576 g/mol. The summed E-state index contributed by atoms with van der Waals surface area (Å²) in [5.74, 6) is 0.464. The SMILES string of the molecule is O=S(=O)(Nc1ccc(CCCC2CCCC2)cc1F)c1ccc2c(c1)CCN(Cc1ncc(C(F)(F)F)cn1)C2. The quantitative estimate of drug-likeness (QED) is 0.294. The van der Waals surface area contributed by atoms with Crippen molar-refractivity contribution < 1.29 is 26.0 Å². The van der Waals surface area contributed by atoms with Gasteiger partial charge in [0.15, 0.2) is 0 Å². The van der Waals surface area contributed by atoms with E-state index in [-0.39, 0.29) is 23.0 Å². The molecule has 3 aromatic rings. The number of nitrogens with one attached hydrogen (secondary N) is 1. The second kappa shape index (κ2) is 11.8. The van der Waals surface area contributed by atoms with Crippen molar-refractivity contribution in [2.24, 2.45) is 5.92 Å². The number of hydrogen-bond acceptors (Lipinski definition) is 5. The molecule has 6 nitrogen and oxygen atoms in total. The smallest absolute Gasteiger partial charge is 0.291 e. The number of sulfonamides is 1. The van der Waals surface area contributed by atoms with E-state index in [1.54, 1.807) is 18.2 Å². The second-order valence-corrected chi connectivity index (χ2v) is 12.4. The molecule has 2 aliphatic rings. The van der Waals surface area contributed by atoms with Crippen molar-refractivity contribution in [3.63, 3.8) is 0 Å². The lowest BCUT2D eigenvalue weighted by molar-refractivity contribution is -0.138. The van der Waals surface area contributed by atoms with Gasteiger partial charge in [0.05, 0.1) is 22.7 Å². The summed E-state index contributed by atoms with van der Waals surface area (Å²) in [4.78, 5) is 9.70. The minimum absolute atomic E-state index is 0.0470. The lowest BCUT2D eigenvalue weighted by Crippen LogP contribution is -2.31. The van der Waals surface area contributed by atoms with Crippen molar-refractivity contribution in [1.82, 2.24) is 14.9 Å². The predicted octanol–water partition coefficient (Wildman–Crippen LogP) is 6.51. The minimum Gasteiger partial charge on any atom is -0.291 e. The largest absolute Gasteiger partial charge is 0.419 e.